The third-order valence-corrected chi connectivity index (χ3v) is 2.50. The van der Waals surface area contributed by atoms with Crippen LogP contribution in [0.3, 0.4) is 0 Å². The van der Waals surface area contributed by atoms with Crippen molar-refractivity contribution in [3.05, 3.63) is 24.8 Å². The van der Waals surface area contributed by atoms with E-state index in [1.165, 1.54) is 6.08 Å². The first kappa shape index (κ1) is 16.9. The van der Waals surface area contributed by atoms with Gasteiger partial charge in [-0.15, -0.1) is 6.58 Å². The van der Waals surface area contributed by atoms with Crippen LogP contribution in [0.15, 0.2) is 24.8 Å². The second-order valence-electron chi connectivity index (χ2n) is 3.91. The van der Waals surface area contributed by atoms with E-state index >= 15 is 0 Å². The molecule has 104 valence electrons. The normalized spacial score (nSPS) is 10.2. The minimum atomic E-state index is -1.57. The molecule has 0 bridgehead atoms. The fraction of sp³-hybridized carbons (Fsp3) is 0.500. The number of nitriles is 1. The maximum Gasteiger partial charge on any atom is 0.324 e. The first-order valence-corrected chi connectivity index (χ1v) is 6.01. The Bertz CT molecular complexity index is 388. The molecule has 0 aliphatic rings. The molecule has 0 unspecified atom stereocenters. The summed E-state index contributed by atoms with van der Waals surface area (Å²) >= 11 is 0. The van der Waals surface area contributed by atoms with Crippen LogP contribution in [0, 0.1) is 16.7 Å². The second-order valence-corrected chi connectivity index (χ2v) is 3.91. The monoisotopic (exact) mass is 265 g/mol. The lowest BCUT2D eigenvalue weighted by Crippen LogP contribution is -2.42. The number of ether oxygens (including phenoxy) is 2. The van der Waals surface area contributed by atoms with Gasteiger partial charge in [0, 0.05) is 12.0 Å². The molecule has 0 saturated carbocycles. The minimum Gasteiger partial charge on any atom is -0.465 e. The van der Waals surface area contributed by atoms with Crippen molar-refractivity contribution in [1.82, 2.24) is 0 Å². The number of hydrogen-bond acceptors (Lipinski definition) is 5. The molecular weight excluding hydrogens is 246 g/mol. The lowest BCUT2D eigenvalue weighted by molar-refractivity contribution is -0.171. The molecule has 0 aliphatic heterocycles. The zero-order chi connectivity index (χ0) is 14.9. The summed E-state index contributed by atoms with van der Waals surface area (Å²) in [5.41, 5.74) is -1.46. The first-order chi connectivity index (χ1) is 8.98. The summed E-state index contributed by atoms with van der Waals surface area (Å²) in [5.74, 6) is -1.44. The Morgan fingerprint density at radius 3 is 2.05 bits per heavy atom. The molecular formula is C14H19NO4. The largest absolute Gasteiger partial charge is 0.465 e. The van der Waals surface area contributed by atoms with Crippen LogP contribution in [0.5, 0.6) is 0 Å². The summed E-state index contributed by atoms with van der Waals surface area (Å²) < 4.78 is 9.87. The van der Waals surface area contributed by atoms with Gasteiger partial charge in [-0.3, -0.25) is 9.59 Å². The van der Waals surface area contributed by atoms with E-state index in [4.69, 9.17) is 14.7 Å². The van der Waals surface area contributed by atoms with Gasteiger partial charge in [-0.25, -0.2) is 0 Å². The fourth-order valence-corrected chi connectivity index (χ4v) is 1.66. The van der Waals surface area contributed by atoms with Crippen LogP contribution in [0.2, 0.25) is 0 Å². The Hall–Kier alpha value is -2.09. The lowest BCUT2D eigenvalue weighted by atomic mass is 9.78. The summed E-state index contributed by atoms with van der Waals surface area (Å²) in [5, 5.41) is 8.81. The molecule has 5 heteroatoms. The molecule has 0 N–H and O–H groups in total. The number of esters is 2. The van der Waals surface area contributed by atoms with Crippen molar-refractivity contribution >= 4 is 11.9 Å². The molecule has 0 amide bonds. The molecule has 0 radical (unpaired) electrons. The Morgan fingerprint density at radius 1 is 1.26 bits per heavy atom. The molecule has 0 rings (SSSR count). The van der Waals surface area contributed by atoms with E-state index in [2.05, 4.69) is 13.2 Å². The molecule has 0 fully saturated rings. The topological polar surface area (TPSA) is 76.4 Å². The highest BCUT2D eigenvalue weighted by Gasteiger charge is 2.48. The van der Waals surface area contributed by atoms with Gasteiger partial charge in [-0.05, 0) is 20.3 Å². The van der Waals surface area contributed by atoms with Gasteiger partial charge in [0.25, 0.3) is 0 Å². The number of carbonyl (C=O) groups excluding carboxylic acids is 2. The highest BCUT2D eigenvalue weighted by Crippen LogP contribution is 2.33. The molecule has 0 aliphatic carbocycles. The highest BCUT2D eigenvalue weighted by atomic mass is 16.6. The van der Waals surface area contributed by atoms with Gasteiger partial charge in [0.2, 0.25) is 0 Å². The van der Waals surface area contributed by atoms with Crippen molar-refractivity contribution in [2.24, 2.45) is 5.41 Å². The number of carbonyl (C=O) groups is 2. The molecule has 0 heterocycles. The lowest BCUT2D eigenvalue weighted by Gasteiger charge is -2.27. The van der Waals surface area contributed by atoms with Crippen LogP contribution in [-0.4, -0.2) is 25.2 Å². The van der Waals surface area contributed by atoms with Crippen LogP contribution in [0.25, 0.3) is 0 Å². The smallest absolute Gasteiger partial charge is 0.324 e. The maximum absolute atomic E-state index is 12.1. The van der Waals surface area contributed by atoms with Gasteiger partial charge >= 0.3 is 11.9 Å². The molecule has 5 nitrogen and oxygen atoms in total. The van der Waals surface area contributed by atoms with Crippen molar-refractivity contribution in [2.45, 2.75) is 26.7 Å². The Morgan fingerprint density at radius 2 is 1.74 bits per heavy atom. The van der Waals surface area contributed by atoms with Crippen LogP contribution in [0.4, 0.5) is 0 Å². The fourth-order valence-electron chi connectivity index (χ4n) is 1.66. The first-order valence-electron chi connectivity index (χ1n) is 6.01. The summed E-state index contributed by atoms with van der Waals surface area (Å²) in [6, 6.07) is 1.83. The second kappa shape index (κ2) is 8.09. The highest BCUT2D eigenvalue weighted by molar-refractivity contribution is 6.00. The van der Waals surface area contributed by atoms with E-state index < -0.39 is 17.4 Å². The van der Waals surface area contributed by atoms with Crippen LogP contribution in [-0.2, 0) is 19.1 Å². The summed E-state index contributed by atoms with van der Waals surface area (Å²) in [4.78, 5) is 24.2. The van der Waals surface area contributed by atoms with Gasteiger partial charge < -0.3 is 9.47 Å². The summed E-state index contributed by atoms with van der Waals surface area (Å²) in [6.07, 6.45) is 1.33. The molecule has 0 spiro atoms. The third kappa shape index (κ3) is 4.25. The molecule has 0 aromatic carbocycles. The summed E-state index contributed by atoms with van der Waals surface area (Å²) in [7, 11) is 0. The van der Waals surface area contributed by atoms with Gasteiger partial charge in [-0.2, -0.15) is 5.26 Å². The number of nitrogens with zero attached hydrogens (tertiary/aromatic N) is 1. The molecule has 0 aromatic heterocycles. The van der Waals surface area contributed by atoms with Crippen molar-refractivity contribution in [3.8, 4) is 6.07 Å². The van der Waals surface area contributed by atoms with Crippen molar-refractivity contribution in [2.75, 3.05) is 13.2 Å². The average molecular weight is 265 g/mol. The van der Waals surface area contributed by atoms with Gasteiger partial charge in [0.05, 0.1) is 19.3 Å². The van der Waals surface area contributed by atoms with Crippen molar-refractivity contribution < 1.29 is 19.1 Å². The third-order valence-electron chi connectivity index (χ3n) is 2.50. The Labute approximate surface area is 113 Å². The minimum absolute atomic E-state index is 0.0331. The average Bonchev–Trinajstić information content (AvgIpc) is 2.38. The van der Waals surface area contributed by atoms with Gasteiger partial charge in [-0.1, -0.05) is 12.7 Å². The number of rotatable bonds is 8. The summed E-state index contributed by atoms with van der Waals surface area (Å²) in [6.45, 7) is 10.6. The van der Waals surface area contributed by atoms with E-state index in [-0.39, 0.29) is 31.6 Å². The van der Waals surface area contributed by atoms with E-state index in [0.29, 0.717) is 0 Å². The molecule has 0 atom stereocenters. The molecule has 0 saturated heterocycles. The molecule has 0 aromatic rings. The standard InChI is InChI=1S/C14H19NO4/c1-5-8-14(9-11(4)10-15,12(16)18-6-2)13(17)19-7-3/h5H,1,4,6-9H2,2-3H3. The van der Waals surface area contributed by atoms with E-state index in [1.807, 2.05) is 6.07 Å². The zero-order valence-corrected chi connectivity index (χ0v) is 11.4. The van der Waals surface area contributed by atoms with Crippen LogP contribution in [0.1, 0.15) is 26.7 Å². The van der Waals surface area contributed by atoms with Crippen molar-refractivity contribution in [1.29, 1.82) is 5.26 Å². The van der Waals surface area contributed by atoms with Crippen molar-refractivity contribution in [3.63, 3.8) is 0 Å². The SMILES string of the molecule is C=CCC(CC(=C)C#N)(C(=O)OCC)C(=O)OCC. The van der Waals surface area contributed by atoms with Crippen LogP contribution >= 0.6 is 0 Å². The number of hydrogen-bond donors (Lipinski definition) is 0. The predicted molar refractivity (Wildman–Crippen MR) is 69.9 cm³/mol. The zero-order valence-electron chi connectivity index (χ0n) is 11.4. The van der Waals surface area contributed by atoms with Gasteiger partial charge in [0.15, 0.2) is 5.41 Å². The quantitative estimate of drug-likeness (QED) is 0.291. The van der Waals surface area contributed by atoms with E-state index in [9.17, 15) is 9.59 Å². The maximum atomic E-state index is 12.1. The Kier molecular flexibility index (Phi) is 7.20. The van der Waals surface area contributed by atoms with Gasteiger partial charge in [0.1, 0.15) is 0 Å². The Balaban J connectivity index is 5.52. The predicted octanol–water partition coefficient (Wildman–Crippen LogP) is 2.14. The van der Waals surface area contributed by atoms with Crippen LogP contribution < -0.4 is 0 Å². The van der Waals surface area contributed by atoms with E-state index in [0.717, 1.165) is 0 Å². The van der Waals surface area contributed by atoms with E-state index in [1.54, 1.807) is 13.8 Å². The molecule has 19 heavy (non-hydrogen) atoms. The number of allylic oxidation sites excluding steroid dienone is 2.